The van der Waals surface area contributed by atoms with Crippen LogP contribution in [-0.4, -0.2) is 35.0 Å². The average molecular weight is 316 g/mol. The summed E-state index contributed by atoms with van der Waals surface area (Å²) in [5.74, 6) is -0.625. The molecule has 2 rings (SSSR count). The van der Waals surface area contributed by atoms with E-state index in [1.54, 1.807) is 0 Å². The topological polar surface area (TPSA) is 57.6 Å². The van der Waals surface area contributed by atoms with Crippen molar-refractivity contribution < 1.29 is 14.7 Å². The van der Waals surface area contributed by atoms with E-state index in [0.717, 1.165) is 17.7 Å². The fourth-order valence-corrected chi connectivity index (χ4v) is 3.67. The van der Waals surface area contributed by atoms with Crippen LogP contribution < -0.4 is 0 Å². The number of hydrogen-bond donors (Lipinski definition) is 1. The van der Waals surface area contributed by atoms with Crippen molar-refractivity contribution in [3.63, 3.8) is 0 Å². The Morgan fingerprint density at radius 3 is 2.60 bits per heavy atom. The Labute approximate surface area is 127 Å². The molecule has 1 amide bonds. The largest absolute Gasteiger partial charge is 0.481 e. The van der Waals surface area contributed by atoms with Gasteiger partial charge in [-0.25, -0.2) is 0 Å². The first-order valence-corrected chi connectivity index (χ1v) is 7.92. The molecule has 1 atom stereocenters. The Balaban J connectivity index is 1.90. The molecule has 6 heteroatoms. The fourth-order valence-electron chi connectivity index (χ4n) is 2.56. The van der Waals surface area contributed by atoms with Crippen LogP contribution in [0.3, 0.4) is 0 Å². The average Bonchev–Trinajstić information content (AvgIpc) is 2.84. The maximum atomic E-state index is 12.4. The molecule has 1 aliphatic heterocycles. The number of likely N-dealkylation sites (tertiary alicyclic amines) is 1. The molecular formula is C14H18ClNO3S. The summed E-state index contributed by atoms with van der Waals surface area (Å²) in [5, 5.41) is 8.79. The third kappa shape index (κ3) is 3.73. The van der Waals surface area contributed by atoms with Crippen molar-refractivity contribution in [1.29, 1.82) is 0 Å². The summed E-state index contributed by atoms with van der Waals surface area (Å²) in [6.45, 7) is 3.20. The minimum absolute atomic E-state index is 0.109. The Morgan fingerprint density at radius 1 is 1.45 bits per heavy atom. The highest BCUT2D eigenvalue weighted by atomic mass is 35.5. The lowest BCUT2D eigenvalue weighted by atomic mass is 9.93. The number of carboxylic acid groups (broad SMARTS) is 1. The predicted octanol–water partition coefficient (Wildman–Crippen LogP) is 3.22. The minimum atomic E-state index is -0.753. The highest BCUT2D eigenvalue weighted by Crippen LogP contribution is 2.30. The molecule has 1 aliphatic rings. The number of nitrogens with zero attached hydrogens (tertiary/aromatic N) is 1. The van der Waals surface area contributed by atoms with Gasteiger partial charge in [-0.05, 0) is 37.8 Å². The van der Waals surface area contributed by atoms with Crippen molar-refractivity contribution in [3.05, 3.63) is 21.3 Å². The van der Waals surface area contributed by atoms with Crippen LogP contribution >= 0.6 is 22.9 Å². The molecule has 4 nitrogen and oxygen atoms in total. The Hall–Kier alpha value is -1.07. The summed E-state index contributed by atoms with van der Waals surface area (Å²) in [4.78, 5) is 25.9. The van der Waals surface area contributed by atoms with Gasteiger partial charge in [0, 0.05) is 24.4 Å². The number of carbonyl (C=O) groups excluding carboxylic acids is 1. The monoisotopic (exact) mass is 315 g/mol. The van der Waals surface area contributed by atoms with Crippen molar-refractivity contribution in [2.24, 2.45) is 5.92 Å². The van der Waals surface area contributed by atoms with E-state index in [1.807, 2.05) is 24.0 Å². The van der Waals surface area contributed by atoms with Crippen LogP contribution in [-0.2, 0) is 9.59 Å². The van der Waals surface area contributed by atoms with Gasteiger partial charge in [-0.15, -0.1) is 11.3 Å². The van der Waals surface area contributed by atoms with Crippen LogP contribution in [0, 0.1) is 5.92 Å². The van der Waals surface area contributed by atoms with Gasteiger partial charge in [-0.3, -0.25) is 9.59 Å². The minimum Gasteiger partial charge on any atom is -0.481 e. The number of carboxylic acids is 1. The van der Waals surface area contributed by atoms with Gasteiger partial charge < -0.3 is 10.0 Å². The normalized spacial score (nSPS) is 18.0. The van der Waals surface area contributed by atoms with Gasteiger partial charge in [0.25, 0.3) is 0 Å². The first-order chi connectivity index (χ1) is 9.47. The van der Waals surface area contributed by atoms with E-state index >= 15 is 0 Å². The molecule has 0 saturated carbocycles. The Kier molecular flexibility index (Phi) is 5.05. The molecule has 1 aromatic heterocycles. The quantitative estimate of drug-likeness (QED) is 0.928. The van der Waals surface area contributed by atoms with E-state index in [-0.39, 0.29) is 24.2 Å². The van der Waals surface area contributed by atoms with E-state index < -0.39 is 5.97 Å². The lowest BCUT2D eigenvalue weighted by Crippen LogP contribution is -2.40. The number of thiophene rings is 1. The molecular weight excluding hydrogens is 298 g/mol. The van der Waals surface area contributed by atoms with Gasteiger partial charge in [-0.1, -0.05) is 11.6 Å². The van der Waals surface area contributed by atoms with Gasteiger partial charge in [-0.2, -0.15) is 0 Å². The second-order valence-electron chi connectivity index (χ2n) is 5.23. The van der Waals surface area contributed by atoms with Crippen molar-refractivity contribution >= 4 is 34.8 Å². The highest BCUT2D eigenvalue weighted by Gasteiger charge is 2.28. The summed E-state index contributed by atoms with van der Waals surface area (Å²) < 4.78 is 0.694. The summed E-state index contributed by atoms with van der Waals surface area (Å²) in [7, 11) is 0. The molecule has 1 saturated heterocycles. The molecule has 0 bridgehead atoms. The SMILES string of the molecule is CC(C(=O)N1CCC(CC(=O)O)CC1)c1ccc(Cl)s1. The lowest BCUT2D eigenvalue weighted by Gasteiger charge is -2.33. The molecule has 1 unspecified atom stereocenters. The van der Waals surface area contributed by atoms with Crippen molar-refractivity contribution in [2.75, 3.05) is 13.1 Å². The molecule has 0 radical (unpaired) electrons. The zero-order chi connectivity index (χ0) is 14.7. The van der Waals surface area contributed by atoms with E-state index in [0.29, 0.717) is 17.4 Å². The number of amides is 1. The van der Waals surface area contributed by atoms with Gasteiger partial charge in [0.05, 0.1) is 10.3 Å². The van der Waals surface area contributed by atoms with Crippen LogP contribution in [0.4, 0.5) is 0 Å². The molecule has 1 N–H and O–H groups in total. The summed E-state index contributed by atoms with van der Waals surface area (Å²) >= 11 is 7.34. The van der Waals surface area contributed by atoms with Crippen molar-refractivity contribution in [2.45, 2.75) is 32.1 Å². The van der Waals surface area contributed by atoms with Gasteiger partial charge in [0.1, 0.15) is 0 Å². The first kappa shape index (κ1) is 15.3. The van der Waals surface area contributed by atoms with Crippen molar-refractivity contribution in [3.8, 4) is 0 Å². The molecule has 1 aromatic rings. The first-order valence-electron chi connectivity index (χ1n) is 6.73. The zero-order valence-corrected chi connectivity index (χ0v) is 12.9. The summed E-state index contributed by atoms with van der Waals surface area (Å²) in [6.07, 6.45) is 1.75. The molecule has 0 aliphatic carbocycles. The standard InChI is InChI=1S/C14H18ClNO3S/c1-9(11-2-3-12(15)20-11)14(19)16-6-4-10(5-7-16)8-13(17)18/h2-3,9-10H,4-8H2,1H3,(H,17,18). The van der Waals surface area contributed by atoms with E-state index in [9.17, 15) is 9.59 Å². The number of aliphatic carboxylic acids is 1. The Bertz CT molecular complexity index is 494. The smallest absolute Gasteiger partial charge is 0.303 e. The maximum Gasteiger partial charge on any atom is 0.303 e. The number of halogens is 1. The molecule has 20 heavy (non-hydrogen) atoms. The molecule has 2 heterocycles. The van der Waals surface area contributed by atoms with Crippen LogP contribution in [0.5, 0.6) is 0 Å². The maximum absolute atomic E-state index is 12.4. The van der Waals surface area contributed by atoms with E-state index in [4.69, 9.17) is 16.7 Å². The van der Waals surface area contributed by atoms with Crippen LogP contribution in [0.2, 0.25) is 4.34 Å². The summed E-state index contributed by atoms with van der Waals surface area (Å²) in [5.41, 5.74) is 0. The second-order valence-corrected chi connectivity index (χ2v) is 6.98. The number of piperidine rings is 1. The third-order valence-electron chi connectivity index (χ3n) is 3.78. The van der Waals surface area contributed by atoms with Crippen LogP contribution in [0.1, 0.15) is 37.0 Å². The Morgan fingerprint density at radius 2 is 2.10 bits per heavy atom. The second kappa shape index (κ2) is 6.59. The third-order valence-corrected chi connectivity index (χ3v) is 5.19. The van der Waals surface area contributed by atoms with E-state index in [1.165, 1.54) is 11.3 Å². The fraction of sp³-hybridized carbons (Fsp3) is 0.571. The molecule has 1 fully saturated rings. The number of hydrogen-bond acceptors (Lipinski definition) is 3. The molecule has 0 spiro atoms. The molecule has 110 valence electrons. The van der Waals surface area contributed by atoms with E-state index in [2.05, 4.69) is 0 Å². The van der Waals surface area contributed by atoms with Gasteiger partial charge >= 0.3 is 5.97 Å². The lowest BCUT2D eigenvalue weighted by molar-refractivity contribution is -0.138. The molecule has 0 aromatic carbocycles. The van der Waals surface area contributed by atoms with Crippen molar-refractivity contribution in [1.82, 2.24) is 4.90 Å². The number of carbonyl (C=O) groups is 2. The highest BCUT2D eigenvalue weighted by molar-refractivity contribution is 7.16. The zero-order valence-electron chi connectivity index (χ0n) is 11.3. The number of rotatable bonds is 4. The van der Waals surface area contributed by atoms with Crippen LogP contribution in [0.25, 0.3) is 0 Å². The summed E-state index contributed by atoms with van der Waals surface area (Å²) in [6, 6.07) is 3.71. The van der Waals surface area contributed by atoms with Gasteiger partial charge in [0.15, 0.2) is 0 Å². The predicted molar refractivity (Wildman–Crippen MR) is 79.3 cm³/mol. The van der Waals surface area contributed by atoms with Gasteiger partial charge in [0.2, 0.25) is 5.91 Å². The van der Waals surface area contributed by atoms with Crippen LogP contribution in [0.15, 0.2) is 12.1 Å².